The minimum Gasteiger partial charge on any atom is -0.399 e. The molecule has 0 radical (unpaired) electrons. The SMILES string of the molecule is Nc1ccc(-n2nccc2C2CC2)cc1. The fraction of sp³-hybridized carbons (Fsp3) is 0.250. The summed E-state index contributed by atoms with van der Waals surface area (Å²) < 4.78 is 2.01. The average molecular weight is 199 g/mol. The van der Waals surface area contributed by atoms with Crippen molar-refractivity contribution < 1.29 is 0 Å². The average Bonchev–Trinajstić information content (AvgIpc) is 2.98. The smallest absolute Gasteiger partial charge is 0.0650 e. The molecule has 1 heterocycles. The Balaban J connectivity index is 2.04. The van der Waals surface area contributed by atoms with Crippen LogP contribution in [0.25, 0.3) is 5.69 Å². The van der Waals surface area contributed by atoms with Gasteiger partial charge in [0.05, 0.1) is 5.69 Å². The normalized spacial score (nSPS) is 15.5. The van der Waals surface area contributed by atoms with E-state index in [2.05, 4.69) is 11.2 Å². The van der Waals surface area contributed by atoms with Gasteiger partial charge in [0.15, 0.2) is 0 Å². The van der Waals surface area contributed by atoms with Gasteiger partial charge in [0, 0.05) is 23.5 Å². The summed E-state index contributed by atoms with van der Waals surface area (Å²) in [4.78, 5) is 0. The largest absolute Gasteiger partial charge is 0.399 e. The summed E-state index contributed by atoms with van der Waals surface area (Å²) in [6.07, 6.45) is 4.45. The highest BCUT2D eigenvalue weighted by molar-refractivity contribution is 5.45. The van der Waals surface area contributed by atoms with E-state index >= 15 is 0 Å². The van der Waals surface area contributed by atoms with Crippen LogP contribution >= 0.6 is 0 Å². The van der Waals surface area contributed by atoms with Crippen LogP contribution in [0.3, 0.4) is 0 Å². The molecule has 0 aliphatic heterocycles. The standard InChI is InChI=1S/C12H13N3/c13-10-3-5-11(6-4-10)15-12(7-8-14-15)9-1-2-9/h3-9H,1-2,13H2. The number of nitrogen functional groups attached to an aromatic ring is 1. The van der Waals surface area contributed by atoms with Crippen LogP contribution in [0.15, 0.2) is 36.5 Å². The van der Waals surface area contributed by atoms with Crippen LogP contribution in [-0.2, 0) is 0 Å². The molecule has 1 saturated carbocycles. The molecule has 3 heteroatoms. The third kappa shape index (κ3) is 1.50. The Morgan fingerprint density at radius 1 is 1.13 bits per heavy atom. The van der Waals surface area contributed by atoms with Crippen molar-refractivity contribution in [3.8, 4) is 5.69 Å². The third-order valence-corrected chi connectivity index (χ3v) is 2.81. The van der Waals surface area contributed by atoms with Crippen LogP contribution in [0.1, 0.15) is 24.5 Å². The Morgan fingerprint density at radius 3 is 2.53 bits per heavy atom. The van der Waals surface area contributed by atoms with Crippen LogP contribution in [0.4, 0.5) is 5.69 Å². The second-order valence-electron chi connectivity index (χ2n) is 4.03. The molecule has 0 bridgehead atoms. The minimum absolute atomic E-state index is 0.713. The molecule has 2 N–H and O–H groups in total. The third-order valence-electron chi connectivity index (χ3n) is 2.81. The van der Waals surface area contributed by atoms with Gasteiger partial charge in [-0.3, -0.25) is 0 Å². The lowest BCUT2D eigenvalue weighted by Gasteiger charge is -2.06. The maximum Gasteiger partial charge on any atom is 0.0650 e. The number of nitrogens with zero attached hydrogens (tertiary/aromatic N) is 2. The monoisotopic (exact) mass is 199 g/mol. The molecule has 1 aliphatic rings. The van der Waals surface area contributed by atoms with Crippen molar-refractivity contribution in [3.63, 3.8) is 0 Å². The first-order valence-corrected chi connectivity index (χ1v) is 5.24. The Hall–Kier alpha value is -1.77. The van der Waals surface area contributed by atoms with Crippen LogP contribution in [0.5, 0.6) is 0 Å². The van der Waals surface area contributed by atoms with E-state index in [1.807, 2.05) is 35.1 Å². The fourth-order valence-electron chi connectivity index (χ4n) is 1.83. The van der Waals surface area contributed by atoms with Crippen molar-refractivity contribution in [1.29, 1.82) is 0 Å². The van der Waals surface area contributed by atoms with Gasteiger partial charge in [-0.05, 0) is 43.2 Å². The van der Waals surface area contributed by atoms with E-state index < -0.39 is 0 Å². The first-order chi connectivity index (χ1) is 7.34. The van der Waals surface area contributed by atoms with Gasteiger partial charge in [0.2, 0.25) is 0 Å². The molecule has 1 aromatic heterocycles. The number of hydrogen-bond acceptors (Lipinski definition) is 2. The second-order valence-corrected chi connectivity index (χ2v) is 4.03. The molecule has 3 rings (SSSR count). The van der Waals surface area contributed by atoms with Crippen LogP contribution in [-0.4, -0.2) is 9.78 Å². The van der Waals surface area contributed by atoms with Gasteiger partial charge in [-0.2, -0.15) is 5.10 Å². The van der Waals surface area contributed by atoms with Gasteiger partial charge >= 0.3 is 0 Å². The summed E-state index contributed by atoms with van der Waals surface area (Å²) in [6, 6.07) is 9.94. The van der Waals surface area contributed by atoms with E-state index in [1.54, 1.807) is 0 Å². The number of anilines is 1. The van der Waals surface area contributed by atoms with Crippen molar-refractivity contribution in [2.24, 2.45) is 0 Å². The van der Waals surface area contributed by atoms with E-state index in [0.29, 0.717) is 5.92 Å². The zero-order chi connectivity index (χ0) is 10.3. The molecule has 0 saturated heterocycles. The van der Waals surface area contributed by atoms with Crippen LogP contribution < -0.4 is 5.73 Å². The zero-order valence-corrected chi connectivity index (χ0v) is 8.43. The van der Waals surface area contributed by atoms with Crippen LogP contribution in [0, 0.1) is 0 Å². The Kier molecular flexibility index (Phi) is 1.78. The maximum absolute atomic E-state index is 5.66. The van der Waals surface area contributed by atoms with Gasteiger partial charge in [-0.25, -0.2) is 4.68 Å². The number of rotatable bonds is 2. The van der Waals surface area contributed by atoms with Crippen molar-refractivity contribution >= 4 is 5.69 Å². The highest BCUT2D eigenvalue weighted by Crippen LogP contribution is 2.40. The Bertz CT molecular complexity index is 466. The lowest BCUT2D eigenvalue weighted by atomic mass is 10.2. The number of hydrogen-bond donors (Lipinski definition) is 1. The molecule has 1 aliphatic carbocycles. The van der Waals surface area contributed by atoms with E-state index in [1.165, 1.54) is 18.5 Å². The summed E-state index contributed by atoms with van der Waals surface area (Å²) in [5.41, 5.74) is 8.86. The predicted octanol–water partition coefficient (Wildman–Crippen LogP) is 2.33. The van der Waals surface area contributed by atoms with Gasteiger partial charge < -0.3 is 5.73 Å². The second kappa shape index (κ2) is 3.12. The fourth-order valence-corrected chi connectivity index (χ4v) is 1.83. The van der Waals surface area contributed by atoms with Gasteiger partial charge in [0.1, 0.15) is 0 Å². The Morgan fingerprint density at radius 2 is 1.87 bits per heavy atom. The van der Waals surface area contributed by atoms with E-state index in [4.69, 9.17) is 5.73 Å². The Labute approximate surface area is 88.5 Å². The summed E-state index contributed by atoms with van der Waals surface area (Å²) in [6.45, 7) is 0. The molecule has 76 valence electrons. The molecule has 2 aromatic rings. The molecule has 1 aromatic carbocycles. The van der Waals surface area contributed by atoms with Crippen molar-refractivity contribution in [2.75, 3.05) is 5.73 Å². The zero-order valence-electron chi connectivity index (χ0n) is 8.43. The predicted molar refractivity (Wildman–Crippen MR) is 60.0 cm³/mol. The molecule has 0 atom stereocenters. The highest BCUT2D eigenvalue weighted by atomic mass is 15.3. The summed E-state index contributed by atoms with van der Waals surface area (Å²) in [7, 11) is 0. The lowest BCUT2D eigenvalue weighted by Crippen LogP contribution is -2.00. The minimum atomic E-state index is 0.713. The lowest BCUT2D eigenvalue weighted by molar-refractivity contribution is 0.808. The molecular formula is C12H13N3. The van der Waals surface area contributed by atoms with Crippen LogP contribution in [0.2, 0.25) is 0 Å². The number of nitrogens with two attached hydrogens (primary N) is 1. The van der Waals surface area contributed by atoms with E-state index in [9.17, 15) is 0 Å². The molecule has 0 amide bonds. The van der Waals surface area contributed by atoms with Gasteiger partial charge in [-0.1, -0.05) is 0 Å². The summed E-state index contributed by atoms with van der Waals surface area (Å²) >= 11 is 0. The summed E-state index contributed by atoms with van der Waals surface area (Å²) in [5, 5.41) is 4.35. The first-order valence-electron chi connectivity index (χ1n) is 5.24. The quantitative estimate of drug-likeness (QED) is 0.754. The van der Waals surface area contributed by atoms with Crippen molar-refractivity contribution in [3.05, 3.63) is 42.2 Å². The van der Waals surface area contributed by atoms with E-state index in [0.717, 1.165) is 11.4 Å². The highest BCUT2D eigenvalue weighted by Gasteiger charge is 2.27. The number of aromatic nitrogens is 2. The van der Waals surface area contributed by atoms with Crippen molar-refractivity contribution in [1.82, 2.24) is 9.78 Å². The molecule has 3 nitrogen and oxygen atoms in total. The van der Waals surface area contributed by atoms with E-state index in [-0.39, 0.29) is 0 Å². The van der Waals surface area contributed by atoms with Gasteiger partial charge in [-0.15, -0.1) is 0 Å². The topological polar surface area (TPSA) is 43.8 Å². The van der Waals surface area contributed by atoms with Gasteiger partial charge in [0.25, 0.3) is 0 Å². The molecule has 0 unspecified atom stereocenters. The molecular weight excluding hydrogens is 186 g/mol. The molecule has 1 fully saturated rings. The summed E-state index contributed by atoms with van der Waals surface area (Å²) in [5.74, 6) is 0.713. The number of benzene rings is 1. The maximum atomic E-state index is 5.66. The molecule has 0 spiro atoms. The molecule has 15 heavy (non-hydrogen) atoms. The first kappa shape index (κ1) is 8.53. The van der Waals surface area contributed by atoms with Crippen molar-refractivity contribution in [2.45, 2.75) is 18.8 Å².